The number of nitrogens with one attached hydrogen (secondary N) is 4. The molecule has 4 amide bonds. The van der Waals surface area contributed by atoms with Gasteiger partial charge in [-0.05, 0) is 86.5 Å². The maximum Gasteiger partial charge on any atom is 0.407 e. The average molecular weight is 939 g/mol. The number of hydrogen-bond donors (Lipinski definition) is 4. The van der Waals surface area contributed by atoms with Crippen molar-refractivity contribution in [2.45, 2.75) is 101 Å². The van der Waals surface area contributed by atoms with E-state index in [2.05, 4.69) is 20.6 Å². The molecule has 2 saturated carbocycles. The van der Waals surface area contributed by atoms with Crippen molar-refractivity contribution in [1.29, 1.82) is 0 Å². The first-order chi connectivity index (χ1) is 33.2. The number of aromatic amines is 2. The minimum absolute atomic E-state index is 0.0528. The first-order valence-corrected chi connectivity index (χ1v) is 24.1. The Morgan fingerprint density at radius 2 is 1.01 bits per heavy atom. The molecule has 8 rings (SSSR count). The van der Waals surface area contributed by atoms with Crippen LogP contribution in [0.25, 0.3) is 33.6 Å². The van der Waals surface area contributed by atoms with Crippen LogP contribution >= 0.6 is 0 Å². The van der Waals surface area contributed by atoms with Crippen molar-refractivity contribution in [3.63, 3.8) is 0 Å². The van der Waals surface area contributed by atoms with Gasteiger partial charge in [0.1, 0.15) is 36.9 Å². The predicted molar refractivity (Wildman–Crippen MR) is 252 cm³/mol. The number of benzene rings is 2. The Morgan fingerprint density at radius 3 is 1.50 bits per heavy atom. The van der Waals surface area contributed by atoms with Crippen molar-refractivity contribution in [2.75, 3.05) is 68.0 Å². The Labute approximate surface area is 397 Å². The van der Waals surface area contributed by atoms with Crippen LogP contribution in [0.2, 0.25) is 0 Å². The molecule has 366 valence electrons. The van der Waals surface area contributed by atoms with E-state index in [9.17, 15) is 19.2 Å². The largest absolute Gasteiger partial charge is 0.487 e. The van der Waals surface area contributed by atoms with E-state index in [0.29, 0.717) is 55.1 Å². The highest BCUT2D eigenvalue weighted by molar-refractivity contribution is 5.88. The molecule has 18 nitrogen and oxygen atoms in total. The summed E-state index contributed by atoms with van der Waals surface area (Å²) in [6.07, 6.45) is 13.1. The fraction of sp³-hybridized carbons (Fsp3) is 0.560. The number of likely N-dealkylation sites (tertiary alicyclic amines) is 2. The maximum absolute atomic E-state index is 14.2. The molecule has 2 aliphatic heterocycles. The topological polar surface area (TPSA) is 212 Å². The molecule has 2 aliphatic carbocycles. The number of amides is 4. The molecule has 0 spiro atoms. The van der Waals surface area contributed by atoms with Gasteiger partial charge in [-0.25, -0.2) is 19.6 Å². The fourth-order valence-electron chi connectivity index (χ4n) is 10.6. The smallest absolute Gasteiger partial charge is 0.407 e. The number of ether oxygens (including phenoxy) is 6. The quantitative estimate of drug-likeness (QED) is 0.0681. The van der Waals surface area contributed by atoms with E-state index in [1.54, 1.807) is 26.6 Å². The maximum atomic E-state index is 14.2. The van der Waals surface area contributed by atoms with Gasteiger partial charge < -0.3 is 58.8 Å². The van der Waals surface area contributed by atoms with E-state index < -0.39 is 24.3 Å². The second-order valence-electron chi connectivity index (χ2n) is 18.1. The van der Waals surface area contributed by atoms with Gasteiger partial charge in [0, 0.05) is 38.4 Å². The number of H-pyrrole nitrogens is 2. The third-order valence-electron chi connectivity index (χ3n) is 14.1. The first kappa shape index (κ1) is 48.3. The van der Waals surface area contributed by atoms with Crippen LogP contribution < -0.4 is 20.1 Å². The van der Waals surface area contributed by atoms with Crippen LogP contribution in [0.1, 0.15) is 101 Å². The number of nitrogens with zero attached hydrogens (tertiary/aromatic N) is 4. The number of alkyl carbamates (subject to hydrolysis) is 2. The van der Waals surface area contributed by atoms with Crippen molar-refractivity contribution in [2.24, 2.45) is 11.8 Å². The summed E-state index contributed by atoms with van der Waals surface area (Å²) in [6.45, 7) is 2.35. The van der Waals surface area contributed by atoms with Gasteiger partial charge in [-0.1, -0.05) is 49.9 Å². The zero-order chi connectivity index (χ0) is 47.6. The lowest BCUT2D eigenvalue weighted by Gasteiger charge is -2.31. The Balaban J connectivity index is 1.04. The van der Waals surface area contributed by atoms with Crippen LogP contribution in [-0.4, -0.2) is 134 Å². The molecule has 4 aromatic rings. The number of carbonyl (C=O) groups excluding carboxylic acids is 4. The molecule has 4 atom stereocenters. The molecule has 0 radical (unpaired) electrons. The molecule has 4 unspecified atom stereocenters. The Morgan fingerprint density at radius 1 is 0.574 bits per heavy atom. The summed E-state index contributed by atoms with van der Waals surface area (Å²) in [6, 6.07) is 10.2. The average Bonchev–Trinajstić information content (AvgIpc) is 4.22. The third kappa shape index (κ3) is 10.8. The van der Waals surface area contributed by atoms with E-state index in [0.717, 1.165) is 105 Å². The van der Waals surface area contributed by atoms with Crippen LogP contribution in [0.15, 0.2) is 48.8 Å². The van der Waals surface area contributed by atoms with Gasteiger partial charge >= 0.3 is 12.2 Å². The molecule has 0 bridgehead atoms. The number of rotatable bonds is 19. The number of imidazole rings is 2. The van der Waals surface area contributed by atoms with Crippen LogP contribution in [0.5, 0.6) is 11.5 Å². The van der Waals surface area contributed by atoms with Gasteiger partial charge in [0.15, 0.2) is 11.5 Å². The summed E-state index contributed by atoms with van der Waals surface area (Å²) in [5.41, 5.74) is 4.82. The SMILES string of the molecule is COCCOc1c(-c2ccc(-c3cnc(C4CCCN4C(=O)C(NC(=O)OC)C4CCCC4)[nH]3)cc2)ccc(-c2cnc(C3CCCN3C(=O)C(NC(=O)OC)C3CCCC3)[nH]2)c1OCCOC. The molecule has 4 N–H and O–H groups in total. The van der Waals surface area contributed by atoms with Crippen molar-refractivity contribution in [3.8, 4) is 45.1 Å². The van der Waals surface area contributed by atoms with Crippen LogP contribution in [0.3, 0.4) is 0 Å². The van der Waals surface area contributed by atoms with Crippen molar-refractivity contribution >= 4 is 24.0 Å². The number of hydrogen-bond acceptors (Lipinski definition) is 12. The number of aromatic nitrogens is 4. The molecular formula is C50H66N8O10. The van der Waals surface area contributed by atoms with Crippen molar-refractivity contribution < 1.29 is 47.6 Å². The highest BCUT2D eigenvalue weighted by Crippen LogP contribution is 2.46. The second kappa shape index (κ2) is 22.8. The minimum atomic E-state index is -0.663. The standard InChI is InChI=1S/C50H66N8O10/c1-63-25-27-67-43-35(31-17-19-32(20-18-31)37-29-51-45(53-37)39-15-9-23-57(39)47(59)41(55-49(61)65-3)33-11-5-6-12-33)21-22-36(44(43)68-28-26-64-2)38-30-52-46(54-38)40-16-10-24-58(40)48(60)42(56-50(62)66-4)34-13-7-8-14-34/h17-22,29-30,33-34,39-42H,5-16,23-28H2,1-4H3,(H,51,53)(H,52,54)(H,55,61)(H,56,62). The monoisotopic (exact) mass is 938 g/mol. The lowest BCUT2D eigenvalue weighted by molar-refractivity contribution is -0.136. The van der Waals surface area contributed by atoms with Gasteiger partial charge in [-0.15, -0.1) is 0 Å². The van der Waals surface area contributed by atoms with Gasteiger partial charge in [0.25, 0.3) is 0 Å². The molecule has 18 heteroatoms. The summed E-state index contributed by atoms with van der Waals surface area (Å²) >= 11 is 0. The predicted octanol–water partition coefficient (Wildman–Crippen LogP) is 7.34. The zero-order valence-electron chi connectivity index (χ0n) is 39.7. The minimum Gasteiger partial charge on any atom is -0.487 e. The second-order valence-corrected chi connectivity index (χ2v) is 18.1. The molecule has 2 aromatic carbocycles. The van der Waals surface area contributed by atoms with Gasteiger partial charge in [0.2, 0.25) is 11.8 Å². The van der Waals surface area contributed by atoms with E-state index in [1.807, 2.05) is 46.2 Å². The fourth-order valence-corrected chi connectivity index (χ4v) is 10.6. The molecule has 2 saturated heterocycles. The summed E-state index contributed by atoms with van der Waals surface area (Å²) < 4.78 is 33.6. The normalized spacial score (nSPS) is 19.5. The summed E-state index contributed by atoms with van der Waals surface area (Å²) in [5, 5.41) is 5.69. The van der Waals surface area contributed by atoms with Crippen molar-refractivity contribution in [3.05, 3.63) is 60.4 Å². The molecule has 2 aromatic heterocycles. The van der Waals surface area contributed by atoms with Gasteiger partial charge in [-0.3, -0.25) is 9.59 Å². The molecular weight excluding hydrogens is 873 g/mol. The Hall–Kier alpha value is -6.14. The number of methoxy groups -OCH3 is 4. The lowest BCUT2D eigenvalue weighted by atomic mass is 9.96. The molecule has 4 fully saturated rings. The Bertz CT molecular complexity index is 2340. The highest BCUT2D eigenvalue weighted by atomic mass is 16.6. The van der Waals surface area contributed by atoms with E-state index in [4.69, 9.17) is 38.4 Å². The summed E-state index contributed by atoms with van der Waals surface area (Å²) in [5.74, 6) is 2.31. The van der Waals surface area contributed by atoms with E-state index in [1.165, 1.54) is 14.2 Å². The van der Waals surface area contributed by atoms with Crippen LogP contribution in [0.4, 0.5) is 9.59 Å². The third-order valence-corrected chi connectivity index (χ3v) is 14.1. The lowest BCUT2D eigenvalue weighted by Crippen LogP contribution is -2.51. The van der Waals surface area contributed by atoms with Crippen LogP contribution in [-0.2, 0) is 28.5 Å². The van der Waals surface area contributed by atoms with Crippen molar-refractivity contribution in [1.82, 2.24) is 40.4 Å². The van der Waals surface area contributed by atoms with Gasteiger partial charge in [-0.2, -0.15) is 0 Å². The highest BCUT2D eigenvalue weighted by Gasteiger charge is 2.42. The molecule has 4 aliphatic rings. The van der Waals surface area contributed by atoms with E-state index in [-0.39, 0.29) is 48.9 Å². The first-order valence-electron chi connectivity index (χ1n) is 24.1. The summed E-state index contributed by atoms with van der Waals surface area (Å²) in [7, 11) is 5.88. The molecule has 4 heterocycles. The molecule has 68 heavy (non-hydrogen) atoms. The summed E-state index contributed by atoms with van der Waals surface area (Å²) in [4.78, 5) is 73.3. The Kier molecular flexibility index (Phi) is 16.2. The zero-order valence-corrected chi connectivity index (χ0v) is 39.7. The number of carbonyl (C=O) groups is 4. The van der Waals surface area contributed by atoms with Gasteiger partial charge in [0.05, 0.1) is 63.3 Å². The van der Waals surface area contributed by atoms with Crippen LogP contribution in [0, 0.1) is 11.8 Å². The van der Waals surface area contributed by atoms with E-state index >= 15 is 0 Å².